The first kappa shape index (κ1) is 21.9. The SMILES string of the molecule is Cc1ccc(C2(O)O[C@H](CO)C[C@H](O)[C@H]2O)cc1CC1=CC=C(c2ccc(F)cc2)C1. The number of aliphatic hydroxyl groups is 4. The minimum Gasteiger partial charge on any atom is -0.394 e. The van der Waals surface area contributed by atoms with Crippen LogP contribution in [0.1, 0.15) is 35.1 Å². The number of aliphatic hydroxyl groups excluding tert-OH is 3. The van der Waals surface area contributed by atoms with Crippen molar-refractivity contribution in [2.45, 2.75) is 50.3 Å². The molecule has 0 saturated carbocycles. The summed E-state index contributed by atoms with van der Waals surface area (Å²) in [6.07, 6.45) is 2.01. The molecule has 1 unspecified atom stereocenters. The molecule has 2 aliphatic rings. The maximum atomic E-state index is 13.2. The third-order valence-electron chi connectivity index (χ3n) is 6.15. The van der Waals surface area contributed by atoms with Gasteiger partial charge in [-0.1, -0.05) is 42.0 Å². The number of benzene rings is 2. The summed E-state index contributed by atoms with van der Waals surface area (Å²) < 4.78 is 18.8. The maximum Gasteiger partial charge on any atom is 0.222 e. The van der Waals surface area contributed by atoms with Gasteiger partial charge in [0.2, 0.25) is 5.79 Å². The summed E-state index contributed by atoms with van der Waals surface area (Å²) >= 11 is 0. The predicted octanol–water partition coefficient (Wildman–Crippen LogP) is 2.74. The van der Waals surface area contributed by atoms with Crippen molar-refractivity contribution in [1.29, 1.82) is 0 Å². The molecule has 4 N–H and O–H groups in total. The highest BCUT2D eigenvalue weighted by Gasteiger charge is 2.49. The van der Waals surface area contributed by atoms with Gasteiger partial charge in [-0.05, 0) is 60.2 Å². The van der Waals surface area contributed by atoms with Crippen LogP contribution in [-0.4, -0.2) is 45.3 Å². The summed E-state index contributed by atoms with van der Waals surface area (Å²) in [5.41, 5.74) is 5.58. The van der Waals surface area contributed by atoms with Crippen molar-refractivity contribution in [2.24, 2.45) is 0 Å². The number of allylic oxidation sites excluding steroid dienone is 4. The highest BCUT2D eigenvalue weighted by Crippen LogP contribution is 2.37. The van der Waals surface area contributed by atoms with Crippen LogP contribution in [0.15, 0.2) is 60.2 Å². The molecule has 0 amide bonds. The average molecular weight is 426 g/mol. The topological polar surface area (TPSA) is 90.2 Å². The third-order valence-corrected chi connectivity index (χ3v) is 6.15. The lowest BCUT2D eigenvalue weighted by Gasteiger charge is -2.43. The van der Waals surface area contributed by atoms with Gasteiger partial charge in [-0.2, -0.15) is 0 Å². The smallest absolute Gasteiger partial charge is 0.222 e. The fourth-order valence-corrected chi connectivity index (χ4v) is 4.28. The summed E-state index contributed by atoms with van der Waals surface area (Å²) in [7, 11) is 0. The van der Waals surface area contributed by atoms with Gasteiger partial charge in [0.15, 0.2) is 0 Å². The molecule has 5 nitrogen and oxygen atoms in total. The zero-order chi connectivity index (χ0) is 22.2. The second-order valence-electron chi connectivity index (χ2n) is 8.39. The zero-order valence-corrected chi connectivity index (χ0v) is 17.3. The highest BCUT2D eigenvalue weighted by molar-refractivity contribution is 5.72. The summed E-state index contributed by atoms with van der Waals surface area (Å²) in [4.78, 5) is 0. The van der Waals surface area contributed by atoms with Crippen LogP contribution < -0.4 is 0 Å². The van der Waals surface area contributed by atoms with E-state index in [-0.39, 0.29) is 18.8 Å². The molecule has 2 aromatic rings. The Bertz CT molecular complexity index is 1010. The van der Waals surface area contributed by atoms with E-state index in [4.69, 9.17) is 4.74 Å². The van der Waals surface area contributed by atoms with Crippen LogP contribution in [-0.2, 0) is 16.9 Å². The molecule has 1 fully saturated rings. The number of hydrogen-bond acceptors (Lipinski definition) is 5. The van der Waals surface area contributed by atoms with E-state index in [9.17, 15) is 24.8 Å². The van der Waals surface area contributed by atoms with Crippen molar-refractivity contribution in [3.8, 4) is 0 Å². The zero-order valence-electron chi connectivity index (χ0n) is 17.3. The van der Waals surface area contributed by atoms with Crippen molar-refractivity contribution < 1.29 is 29.6 Å². The van der Waals surface area contributed by atoms with Crippen LogP contribution in [0.4, 0.5) is 4.39 Å². The molecule has 4 rings (SSSR count). The largest absolute Gasteiger partial charge is 0.394 e. The standard InChI is InChI=1S/C25H27FO5/c1-15-2-7-20(25(30)24(29)23(28)13-22(14-27)31-25)12-19(15)11-16-3-4-18(10-16)17-5-8-21(26)9-6-17/h2-9,12,22-24,27-30H,10-11,13-14H2,1H3/t22-,23-,24+,25?/m0/s1. The predicted molar refractivity (Wildman–Crippen MR) is 114 cm³/mol. The van der Waals surface area contributed by atoms with Crippen molar-refractivity contribution in [3.63, 3.8) is 0 Å². The lowest BCUT2D eigenvalue weighted by Crippen LogP contribution is -2.56. The molecule has 1 heterocycles. The number of aryl methyl sites for hydroxylation is 1. The van der Waals surface area contributed by atoms with Gasteiger partial charge in [0, 0.05) is 12.0 Å². The quantitative estimate of drug-likeness (QED) is 0.590. The minimum atomic E-state index is -2.10. The van der Waals surface area contributed by atoms with Gasteiger partial charge in [-0.3, -0.25) is 0 Å². The van der Waals surface area contributed by atoms with E-state index < -0.39 is 24.1 Å². The number of ether oxygens (including phenoxy) is 1. The van der Waals surface area contributed by atoms with Crippen LogP contribution in [0.3, 0.4) is 0 Å². The van der Waals surface area contributed by atoms with Gasteiger partial charge in [-0.25, -0.2) is 4.39 Å². The number of halogens is 1. The van der Waals surface area contributed by atoms with E-state index in [0.717, 1.165) is 28.7 Å². The highest BCUT2D eigenvalue weighted by atomic mass is 19.1. The second-order valence-corrected chi connectivity index (χ2v) is 8.39. The normalized spacial score (nSPS) is 28.4. The molecule has 0 radical (unpaired) electrons. The van der Waals surface area contributed by atoms with Crippen molar-refractivity contribution in [2.75, 3.05) is 6.61 Å². The molecule has 2 aromatic carbocycles. The fraction of sp³-hybridized carbons (Fsp3) is 0.360. The first-order chi connectivity index (χ1) is 14.8. The first-order valence-electron chi connectivity index (χ1n) is 10.4. The molecular weight excluding hydrogens is 399 g/mol. The third kappa shape index (κ3) is 4.35. The van der Waals surface area contributed by atoms with E-state index in [2.05, 4.69) is 6.08 Å². The van der Waals surface area contributed by atoms with Crippen molar-refractivity contribution in [3.05, 3.63) is 88.3 Å². The Balaban J connectivity index is 1.53. The summed E-state index contributed by atoms with van der Waals surface area (Å²) in [6, 6.07) is 11.7. The number of hydrogen-bond donors (Lipinski definition) is 4. The Morgan fingerprint density at radius 2 is 1.84 bits per heavy atom. The van der Waals surface area contributed by atoms with Crippen LogP contribution in [0.2, 0.25) is 0 Å². The van der Waals surface area contributed by atoms with Gasteiger partial charge in [0.05, 0.1) is 18.8 Å². The first-order valence-corrected chi connectivity index (χ1v) is 10.4. The molecule has 164 valence electrons. The summed E-state index contributed by atoms with van der Waals surface area (Å²) in [5, 5.41) is 41.1. The second kappa shape index (κ2) is 8.65. The Morgan fingerprint density at radius 1 is 1.10 bits per heavy atom. The summed E-state index contributed by atoms with van der Waals surface area (Å²) in [5.74, 6) is -2.36. The molecule has 1 aliphatic carbocycles. The Kier molecular flexibility index (Phi) is 6.10. The number of rotatable bonds is 5. The van der Waals surface area contributed by atoms with Gasteiger partial charge in [0.1, 0.15) is 11.9 Å². The minimum absolute atomic E-state index is 0.0451. The molecule has 0 spiro atoms. The van der Waals surface area contributed by atoms with Crippen LogP contribution >= 0.6 is 0 Å². The van der Waals surface area contributed by atoms with Crippen LogP contribution in [0.25, 0.3) is 5.57 Å². The van der Waals surface area contributed by atoms with E-state index in [1.807, 2.05) is 19.1 Å². The molecule has 0 aromatic heterocycles. The summed E-state index contributed by atoms with van der Waals surface area (Å²) in [6.45, 7) is 1.60. The maximum absolute atomic E-state index is 13.2. The Labute approximate surface area is 180 Å². The molecular formula is C25H27FO5. The monoisotopic (exact) mass is 426 g/mol. The van der Waals surface area contributed by atoms with Gasteiger partial charge < -0.3 is 25.2 Å². The van der Waals surface area contributed by atoms with E-state index >= 15 is 0 Å². The lowest BCUT2D eigenvalue weighted by atomic mass is 9.87. The van der Waals surface area contributed by atoms with Crippen LogP contribution in [0, 0.1) is 12.7 Å². The van der Waals surface area contributed by atoms with Gasteiger partial charge in [0.25, 0.3) is 0 Å². The lowest BCUT2D eigenvalue weighted by molar-refractivity contribution is -0.334. The van der Waals surface area contributed by atoms with E-state index in [1.165, 1.54) is 17.7 Å². The van der Waals surface area contributed by atoms with Crippen molar-refractivity contribution >= 4 is 5.57 Å². The molecule has 1 aliphatic heterocycles. The average Bonchev–Trinajstić information content (AvgIpc) is 3.22. The Morgan fingerprint density at radius 3 is 2.55 bits per heavy atom. The molecule has 1 saturated heterocycles. The van der Waals surface area contributed by atoms with Gasteiger partial charge in [-0.15, -0.1) is 0 Å². The van der Waals surface area contributed by atoms with E-state index in [0.29, 0.717) is 12.0 Å². The molecule has 0 bridgehead atoms. The fourth-order valence-electron chi connectivity index (χ4n) is 4.28. The molecule has 31 heavy (non-hydrogen) atoms. The molecule has 6 heteroatoms. The van der Waals surface area contributed by atoms with Gasteiger partial charge >= 0.3 is 0 Å². The van der Waals surface area contributed by atoms with Crippen LogP contribution in [0.5, 0.6) is 0 Å². The van der Waals surface area contributed by atoms with Crippen molar-refractivity contribution in [1.82, 2.24) is 0 Å². The van der Waals surface area contributed by atoms with E-state index in [1.54, 1.807) is 24.3 Å². The molecule has 4 atom stereocenters. The Hall–Kier alpha value is -2.35.